The van der Waals surface area contributed by atoms with E-state index in [-0.39, 0.29) is 16.5 Å². The standard InChI is InChI=1S/C27H23FN8OS/c1-27(2,3)11-21(37)31-15-10-14(12-29-13-15)17-4-5-18-23(32-17)24(36-35-18)26-33-22-16(8-9-30-25(22)34-26)19-6-7-20(28)38-19/h4-10,12-13H,11H2,1-3H3,(H,31,37)(H,35,36)(H,30,33,34). The van der Waals surface area contributed by atoms with Gasteiger partial charge in [0.15, 0.2) is 22.3 Å². The quantitative estimate of drug-likeness (QED) is 0.246. The van der Waals surface area contributed by atoms with Gasteiger partial charge in [-0.3, -0.25) is 14.9 Å². The van der Waals surface area contributed by atoms with Crippen LogP contribution in [0, 0.1) is 10.5 Å². The van der Waals surface area contributed by atoms with E-state index >= 15 is 0 Å². The number of thiophene rings is 1. The Balaban J connectivity index is 1.36. The molecule has 9 nitrogen and oxygen atoms in total. The summed E-state index contributed by atoms with van der Waals surface area (Å²) in [7, 11) is 0. The van der Waals surface area contributed by atoms with E-state index in [1.54, 1.807) is 24.7 Å². The number of pyridine rings is 3. The molecule has 0 spiro atoms. The molecule has 0 aliphatic carbocycles. The predicted molar refractivity (Wildman–Crippen MR) is 146 cm³/mol. The zero-order chi connectivity index (χ0) is 26.4. The van der Waals surface area contributed by atoms with Crippen LogP contribution in [0.15, 0.2) is 55.0 Å². The Bertz CT molecular complexity index is 1810. The van der Waals surface area contributed by atoms with Crippen LogP contribution in [0.1, 0.15) is 27.2 Å². The number of halogens is 1. The number of hydrogen-bond acceptors (Lipinski definition) is 7. The van der Waals surface area contributed by atoms with Crippen molar-refractivity contribution in [2.24, 2.45) is 5.41 Å². The maximum atomic E-state index is 13.7. The minimum atomic E-state index is -0.261. The third-order valence-electron chi connectivity index (χ3n) is 5.86. The second kappa shape index (κ2) is 9.10. The molecule has 6 heterocycles. The third kappa shape index (κ3) is 4.63. The summed E-state index contributed by atoms with van der Waals surface area (Å²) >= 11 is 1.06. The molecule has 0 radical (unpaired) electrons. The average Bonchev–Trinajstić information content (AvgIpc) is 3.60. The van der Waals surface area contributed by atoms with Crippen LogP contribution in [-0.4, -0.2) is 41.0 Å². The topological polar surface area (TPSA) is 125 Å². The number of fused-ring (bicyclic) bond motifs is 2. The molecule has 0 saturated carbocycles. The zero-order valence-corrected chi connectivity index (χ0v) is 21.7. The zero-order valence-electron chi connectivity index (χ0n) is 20.8. The second-order valence-corrected chi connectivity index (χ2v) is 11.2. The molecule has 0 aliphatic rings. The molecule has 0 unspecified atom stereocenters. The number of H-pyrrole nitrogens is 2. The lowest BCUT2D eigenvalue weighted by atomic mass is 9.92. The van der Waals surface area contributed by atoms with E-state index in [1.807, 2.05) is 45.0 Å². The number of nitrogens with one attached hydrogen (secondary N) is 3. The second-order valence-electron chi connectivity index (χ2n) is 10.2. The summed E-state index contributed by atoms with van der Waals surface area (Å²) in [5.74, 6) is 0.425. The first kappa shape index (κ1) is 23.9. The van der Waals surface area contributed by atoms with Crippen molar-refractivity contribution in [1.82, 2.24) is 35.1 Å². The summed E-state index contributed by atoms with van der Waals surface area (Å²) in [5.41, 5.74) is 5.78. The minimum Gasteiger partial charge on any atom is -0.325 e. The van der Waals surface area contributed by atoms with Crippen molar-refractivity contribution in [2.45, 2.75) is 27.2 Å². The lowest BCUT2D eigenvalue weighted by Crippen LogP contribution is -2.19. The first-order chi connectivity index (χ1) is 18.2. The van der Waals surface area contributed by atoms with Gasteiger partial charge in [0.25, 0.3) is 0 Å². The number of imidazole rings is 1. The lowest BCUT2D eigenvalue weighted by Gasteiger charge is -2.17. The van der Waals surface area contributed by atoms with E-state index in [2.05, 4.69) is 30.5 Å². The third-order valence-corrected chi connectivity index (χ3v) is 6.77. The molecule has 1 amide bonds. The Morgan fingerprint density at radius 1 is 1.08 bits per heavy atom. The number of aromatic nitrogens is 7. The maximum absolute atomic E-state index is 13.7. The van der Waals surface area contributed by atoms with Crippen LogP contribution in [0.4, 0.5) is 10.1 Å². The Morgan fingerprint density at radius 3 is 2.74 bits per heavy atom. The van der Waals surface area contributed by atoms with Gasteiger partial charge in [-0.2, -0.15) is 9.49 Å². The van der Waals surface area contributed by atoms with Crippen molar-refractivity contribution in [3.8, 4) is 33.2 Å². The van der Waals surface area contributed by atoms with Crippen LogP contribution in [0.25, 0.3) is 55.4 Å². The van der Waals surface area contributed by atoms with Gasteiger partial charge in [0, 0.05) is 34.8 Å². The molecule has 0 atom stereocenters. The summed E-state index contributed by atoms with van der Waals surface area (Å²) in [6.45, 7) is 6.05. The van der Waals surface area contributed by atoms with Gasteiger partial charge in [0.2, 0.25) is 5.91 Å². The molecule has 3 N–H and O–H groups in total. The minimum absolute atomic E-state index is 0.0693. The molecule has 6 aromatic heterocycles. The van der Waals surface area contributed by atoms with Crippen molar-refractivity contribution in [1.29, 1.82) is 0 Å². The molecule has 190 valence electrons. The lowest BCUT2D eigenvalue weighted by molar-refractivity contribution is -0.117. The molecule has 0 saturated heterocycles. The smallest absolute Gasteiger partial charge is 0.224 e. The average molecular weight is 527 g/mol. The van der Waals surface area contributed by atoms with Gasteiger partial charge in [0.05, 0.1) is 23.1 Å². The van der Waals surface area contributed by atoms with Crippen LogP contribution in [-0.2, 0) is 4.79 Å². The van der Waals surface area contributed by atoms with Crippen molar-refractivity contribution < 1.29 is 9.18 Å². The van der Waals surface area contributed by atoms with Crippen LogP contribution >= 0.6 is 11.3 Å². The number of carbonyl (C=O) groups is 1. The number of nitrogens with zero attached hydrogens (tertiary/aromatic N) is 5. The normalized spacial score (nSPS) is 11.9. The summed E-state index contributed by atoms with van der Waals surface area (Å²) in [4.78, 5) is 34.7. The first-order valence-corrected chi connectivity index (χ1v) is 12.8. The van der Waals surface area contributed by atoms with Crippen molar-refractivity contribution >= 4 is 45.1 Å². The predicted octanol–water partition coefficient (Wildman–Crippen LogP) is 6.20. The fraction of sp³-hybridized carbons (Fsp3) is 0.185. The van der Waals surface area contributed by atoms with Gasteiger partial charge in [-0.1, -0.05) is 20.8 Å². The Labute approximate surface area is 220 Å². The maximum Gasteiger partial charge on any atom is 0.224 e. The van der Waals surface area contributed by atoms with Crippen molar-refractivity contribution in [2.75, 3.05) is 5.32 Å². The molecule has 6 aromatic rings. The fourth-order valence-electron chi connectivity index (χ4n) is 4.24. The highest BCUT2D eigenvalue weighted by Gasteiger charge is 2.19. The van der Waals surface area contributed by atoms with Gasteiger partial charge in [-0.15, -0.1) is 11.3 Å². The Hall–Kier alpha value is -4.51. The van der Waals surface area contributed by atoms with E-state index in [0.29, 0.717) is 46.0 Å². The highest BCUT2D eigenvalue weighted by molar-refractivity contribution is 7.14. The molecule has 6 rings (SSSR count). The fourth-order valence-corrected chi connectivity index (χ4v) is 5.00. The largest absolute Gasteiger partial charge is 0.325 e. The van der Waals surface area contributed by atoms with Crippen LogP contribution in [0.5, 0.6) is 0 Å². The molecular weight excluding hydrogens is 503 g/mol. The van der Waals surface area contributed by atoms with E-state index in [4.69, 9.17) is 9.97 Å². The SMILES string of the molecule is CC(C)(C)CC(=O)Nc1cncc(-c2ccc3[nH]nc(-c4nc5c(-c6ccc(F)s6)ccnc5[nH]4)c3n2)c1. The Morgan fingerprint density at radius 2 is 1.95 bits per heavy atom. The molecule has 11 heteroatoms. The number of amides is 1. The van der Waals surface area contributed by atoms with E-state index in [1.165, 1.54) is 6.07 Å². The number of carbonyl (C=O) groups excluding carboxylic acids is 1. The van der Waals surface area contributed by atoms with Crippen molar-refractivity contribution in [3.05, 3.63) is 60.1 Å². The molecule has 0 aromatic carbocycles. The Kier molecular flexibility index (Phi) is 5.72. The van der Waals surface area contributed by atoms with Gasteiger partial charge in [0.1, 0.15) is 11.0 Å². The first-order valence-electron chi connectivity index (χ1n) is 11.9. The summed E-state index contributed by atoms with van der Waals surface area (Å²) in [6.07, 6.45) is 5.38. The highest BCUT2D eigenvalue weighted by atomic mass is 32.1. The number of anilines is 1. The summed E-state index contributed by atoms with van der Waals surface area (Å²) in [6, 6.07) is 10.6. The van der Waals surface area contributed by atoms with E-state index < -0.39 is 0 Å². The van der Waals surface area contributed by atoms with Crippen LogP contribution in [0.2, 0.25) is 0 Å². The van der Waals surface area contributed by atoms with Gasteiger partial charge >= 0.3 is 0 Å². The van der Waals surface area contributed by atoms with E-state index in [9.17, 15) is 9.18 Å². The number of hydrogen-bond donors (Lipinski definition) is 3. The highest BCUT2D eigenvalue weighted by Crippen LogP contribution is 2.34. The molecular formula is C27H23FN8OS. The molecule has 0 fully saturated rings. The molecule has 0 bridgehead atoms. The van der Waals surface area contributed by atoms with Gasteiger partial charge in [-0.25, -0.2) is 15.0 Å². The molecule has 0 aliphatic heterocycles. The van der Waals surface area contributed by atoms with Crippen LogP contribution in [0.3, 0.4) is 0 Å². The van der Waals surface area contributed by atoms with Crippen molar-refractivity contribution in [3.63, 3.8) is 0 Å². The number of rotatable bonds is 5. The van der Waals surface area contributed by atoms with Crippen LogP contribution < -0.4 is 5.32 Å². The summed E-state index contributed by atoms with van der Waals surface area (Å²) < 4.78 is 13.7. The van der Waals surface area contributed by atoms with Gasteiger partial charge < -0.3 is 10.3 Å². The molecule has 38 heavy (non-hydrogen) atoms. The van der Waals surface area contributed by atoms with Gasteiger partial charge in [-0.05, 0) is 41.8 Å². The summed E-state index contributed by atoms with van der Waals surface area (Å²) in [5, 5.41) is 10.1. The monoisotopic (exact) mass is 526 g/mol. The number of aromatic amines is 2. The van der Waals surface area contributed by atoms with E-state index in [0.717, 1.165) is 32.9 Å².